The maximum Gasteiger partial charge on any atom is 0.293 e. The van der Waals surface area contributed by atoms with Gasteiger partial charge < -0.3 is 14.2 Å². The first-order valence-electron chi connectivity index (χ1n) is 14.4. The van der Waals surface area contributed by atoms with E-state index in [2.05, 4.69) is 99.0 Å². The third-order valence-electron chi connectivity index (χ3n) is 10.4. The highest BCUT2D eigenvalue weighted by Gasteiger charge is 2.93. The van der Waals surface area contributed by atoms with Gasteiger partial charge in [-0.1, -0.05) is 62.4 Å². The van der Waals surface area contributed by atoms with Gasteiger partial charge in [-0.25, -0.2) is 4.58 Å². The van der Waals surface area contributed by atoms with Crippen LogP contribution >= 0.6 is 0 Å². The standard InChI is InChI=1S/C35H35N2O3/c1-20(2)15-23-17-27-30(25-14-10-9-13-24(23)25)33(3)34(4,35(33,38-5)39-6)37-19-36-32-29(31(27)37)26-16-21-11-7-8-12-22(21)18-28(26)40-32/h7-14,16-20,29,32H,15H2,1-6H3/q+1. The lowest BCUT2D eigenvalue weighted by Crippen LogP contribution is -2.49. The summed E-state index contributed by atoms with van der Waals surface area (Å²) in [5.41, 5.74) is 5.44. The summed E-state index contributed by atoms with van der Waals surface area (Å²) in [5.74, 6) is 0.574. The highest BCUT2D eigenvalue weighted by molar-refractivity contribution is 6.12. The maximum atomic E-state index is 6.57. The molecule has 0 aromatic heterocycles. The molecule has 0 spiro atoms. The molecule has 4 aromatic carbocycles. The quantitative estimate of drug-likeness (QED) is 0.221. The van der Waals surface area contributed by atoms with Gasteiger partial charge in [0.15, 0.2) is 5.54 Å². The molecule has 4 aliphatic rings. The number of ether oxygens (including phenoxy) is 3. The Kier molecular flexibility index (Phi) is 4.74. The van der Waals surface area contributed by atoms with Crippen molar-refractivity contribution in [2.45, 2.75) is 63.0 Å². The van der Waals surface area contributed by atoms with E-state index in [1.54, 1.807) is 14.2 Å². The van der Waals surface area contributed by atoms with Crippen molar-refractivity contribution < 1.29 is 18.8 Å². The molecule has 5 nitrogen and oxygen atoms in total. The molecule has 40 heavy (non-hydrogen) atoms. The second-order valence-corrected chi connectivity index (χ2v) is 12.6. The predicted octanol–water partition coefficient (Wildman–Crippen LogP) is 6.57. The molecule has 1 saturated carbocycles. The molecule has 3 heterocycles. The van der Waals surface area contributed by atoms with Crippen LogP contribution in [0.5, 0.6) is 5.75 Å². The Morgan fingerprint density at radius 2 is 1.60 bits per heavy atom. The Labute approximate surface area is 235 Å². The van der Waals surface area contributed by atoms with Crippen molar-refractivity contribution >= 4 is 33.6 Å². The molecule has 0 bridgehead atoms. The lowest BCUT2D eigenvalue weighted by Gasteiger charge is -2.33. The van der Waals surface area contributed by atoms with E-state index >= 15 is 0 Å². The average molecular weight is 532 g/mol. The number of methoxy groups -OCH3 is 2. The lowest BCUT2D eigenvalue weighted by atomic mass is 9.74. The number of hydrogen-bond donors (Lipinski definition) is 0. The van der Waals surface area contributed by atoms with E-state index in [-0.39, 0.29) is 12.1 Å². The summed E-state index contributed by atoms with van der Waals surface area (Å²) in [6, 6.07) is 24.3. The molecule has 1 fully saturated rings. The molecular formula is C35H35N2O3+. The molecule has 1 aliphatic carbocycles. The number of rotatable bonds is 4. The topological polar surface area (TPSA) is 43.1 Å². The van der Waals surface area contributed by atoms with Gasteiger partial charge in [-0.15, -0.1) is 0 Å². The predicted molar refractivity (Wildman–Crippen MR) is 159 cm³/mol. The minimum Gasteiger partial charge on any atom is -0.447 e. The fraction of sp³-hybridized carbons (Fsp3) is 0.371. The van der Waals surface area contributed by atoms with Crippen LogP contribution in [0.1, 0.15) is 55.9 Å². The molecule has 0 radical (unpaired) electrons. The Morgan fingerprint density at radius 3 is 2.30 bits per heavy atom. The second kappa shape index (κ2) is 7.80. The van der Waals surface area contributed by atoms with Gasteiger partial charge in [-0.3, -0.25) is 0 Å². The van der Waals surface area contributed by atoms with E-state index in [9.17, 15) is 0 Å². The van der Waals surface area contributed by atoms with Crippen molar-refractivity contribution in [3.63, 3.8) is 0 Å². The summed E-state index contributed by atoms with van der Waals surface area (Å²) >= 11 is 0. The normalized spacial score (nSPS) is 28.7. The van der Waals surface area contributed by atoms with Crippen molar-refractivity contribution in [1.82, 2.24) is 0 Å². The third kappa shape index (κ3) is 2.57. The molecule has 0 saturated heterocycles. The summed E-state index contributed by atoms with van der Waals surface area (Å²) in [7, 11) is 3.55. The summed E-state index contributed by atoms with van der Waals surface area (Å²) in [6.45, 7) is 9.16. The number of hydrogen-bond acceptors (Lipinski definition) is 4. The average Bonchev–Trinajstić information content (AvgIpc) is 3.18. The number of aliphatic imine (C=N–C) groups is 1. The van der Waals surface area contributed by atoms with Gasteiger partial charge in [0.05, 0.1) is 0 Å². The van der Waals surface area contributed by atoms with Crippen LogP contribution in [0.2, 0.25) is 0 Å². The molecular weight excluding hydrogens is 496 g/mol. The molecule has 8 rings (SSSR count). The number of benzene rings is 4. The lowest BCUT2D eigenvalue weighted by molar-refractivity contribution is -0.491. The van der Waals surface area contributed by atoms with Gasteiger partial charge in [0, 0.05) is 25.3 Å². The van der Waals surface area contributed by atoms with Crippen molar-refractivity contribution in [2.24, 2.45) is 10.9 Å². The molecule has 0 N–H and O–H groups in total. The molecule has 4 atom stereocenters. The van der Waals surface area contributed by atoms with Gasteiger partial charge >= 0.3 is 0 Å². The number of fused-ring (bicyclic) bond motifs is 12. The monoisotopic (exact) mass is 531 g/mol. The van der Waals surface area contributed by atoms with Gasteiger partial charge in [0.25, 0.3) is 12.6 Å². The second-order valence-electron chi connectivity index (χ2n) is 12.6. The van der Waals surface area contributed by atoms with E-state index in [4.69, 9.17) is 19.2 Å². The highest BCUT2D eigenvalue weighted by atomic mass is 16.7. The van der Waals surface area contributed by atoms with E-state index in [0.29, 0.717) is 5.92 Å². The fourth-order valence-corrected chi connectivity index (χ4v) is 8.63. The molecule has 5 heteroatoms. The molecule has 0 amide bonds. The summed E-state index contributed by atoms with van der Waals surface area (Å²) < 4.78 is 21.7. The Balaban J connectivity index is 1.49. The van der Waals surface area contributed by atoms with Gasteiger partial charge in [-0.2, -0.15) is 0 Å². The van der Waals surface area contributed by atoms with Crippen molar-refractivity contribution in [1.29, 1.82) is 0 Å². The smallest absolute Gasteiger partial charge is 0.293 e. The fourth-order valence-electron chi connectivity index (χ4n) is 8.63. The zero-order valence-corrected chi connectivity index (χ0v) is 24.0. The Morgan fingerprint density at radius 1 is 0.925 bits per heavy atom. The van der Waals surface area contributed by atoms with E-state index < -0.39 is 16.7 Å². The van der Waals surface area contributed by atoms with Crippen LogP contribution in [-0.4, -0.2) is 48.4 Å². The first-order valence-corrected chi connectivity index (χ1v) is 14.4. The van der Waals surface area contributed by atoms with E-state index in [1.165, 1.54) is 49.5 Å². The van der Waals surface area contributed by atoms with Crippen LogP contribution in [0.4, 0.5) is 0 Å². The Hall–Kier alpha value is -3.54. The summed E-state index contributed by atoms with van der Waals surface area (Å²) in [5, 5.41) is 4.99. The SMILES string of the molecule is COC1(OC)C2(C)c3c(cc(CC(C)C)c4ccccc34)C3=[N+](C=NC4Oc5cc6ccccc6cc5C34)C12C. The summed E-state index contributed by atoms with van der Waals surface area (Å²) in [4.78, 5) is 5.02. The maximum absolute atomic E-state index is 6.57. The first kappa shape index (κ1) is 24.3. The van der Waals surface area contributed by atoms with Crippen LogP contribution in [0.25, 0.3) is 21.5 Å². The van der Waals surface area contributed by atoms with Crippen molar-refractivity contribution in [2.75, 3.05) is 14.2 Å². The van der Waals surface area contributed by atoms with Gasteiger partial charge in [0.2, 0.25) is 5.79 Å². The van der Waals surface area contributed by atoms with Crippen LogP contribution in [-0.2, 0) is 21.3 Å². The minimum absolute atomic E-state index is 0.0372. The van der Waals surface area contributed by atoms with Gasteiger partial charge in [0.1, 0.15) is 22.8 Å². The first-order chi connectivity index (χ1) is 19.3. The summed E-state index contributed by atoms with van der Waals surface area (Å²) in [6.07, 6.45) is 2.69. The van der Waals surface area contributed by atoms with Gasteiger partial charge in [-0.05, 0) is 82.0 Å². The molecule has 4 aromatic rings. The van der Waals surface area contributed by atoms with Crippen LogP contribution in [0.15, 0.2) is 71.7 Å². The molecule has 202 valence electrons. The zero-order chi connectivity index (χ0) is 27.6. The number of nitrogens with zero attached hydrogens (tertiary/aromatic N) is 2. The molecule has 4 unspecified atom stereocenters. The zero-order valence-electron chi connectivity index (χ0n) is 24.0. The third-order valence-corrected chi connectivity index (χ3v) is 10.4. The van der Waals surface area contributed by atoms with Crippen LogP contribution in [0.3, 0.4) is 0 Å². The van der Waals surface area contributed by atoms with E-state index in [0.717, 1.165) is 12.2 Å². The van der Waals surface area contributed by atoms with E-state index in [1.807, 2.05) is 6.34 Å². The highest BCUT2D eigenvalue weighted by Crippen LogP contribution is 2.73. The Bertz CT molecular complexity index is 1820. The van der Waals surface area contributed by atoms with Crippen LogP contribution in [0, 0.1) is 5.92 Å². The minimum atomic E-state index is -0.844. The largest absolute Gasteiger partial charge is 0.447 e. The van der Waals surface area contributed by atoms with Crippen molar-refractivity contribution in [3.8, 4) is 5.75 Å². The van der Waals surface area contributed by atoms with Crippen molar-refractivity contribution in [3.05, 3.63) is 89.0 Å². The molecule has 3 aliphatic heterocycles. The van der Waals surface area contributed by atoms with Crippen LogP contribution < -0.4 is 4.74 Å².